The van der Waals surface area contributed by atoms with Crippen LogP contribution in [0.2, 0.25) is 0 Å². The number of carbonyl (C=O) groups is 2. The first-order valence-corrected chi connectivity index (χ1v) is 9.03. The molecule has 1 aliphatic heterocycles. The lowest BCUT2D eigenvalue weighted by atomic mass is 9.97. The summed E-state index contributed by atoms with van der Waals surface area (Å²) in [5, 5.41) is 2.93. The zero-order valence-electron chi connectivity index (χ0n) is 14.4. The molecule has 1 N–H and O–H groups in total. The molecule has 2 aromatic rings. The second kappa shape index (κ2) is 6.90. The Hall–Kier alpha value is -2.69. The van der Waals surface area contributed by atoms with Crippen molar-refractivity contribution in [1.82, 2.24) is 10.2 Å². The molecular weight excluding hydrogens is 331 g/mol. The van der Waals surface area contributed by atoms with Gasteiger partial charge in [-0.25, -0.2) is 4.39 Å². The molecule has 3 atom stereocenters. The number of benzene rings is 2. The minimum Gasteiger partial charge on any atom is -0.350 e. The Balaban J connectivity index is 1.49. The van der Waals surface area contributed by atoms with Gasteiger partial charge < -0.3 is 10.2 Å². The SMILES string of the molecule is O=C(NCc1ccc(F)cc1)[C@@H]1[C@H]2CC[C@@H](C2)N1C(=O)c1ccccc1. The molecular formula is C21H21FN2O2. The lowest BCUT2D eigenvalue weighted by Gasteiger charge is -2.34. The fraction of sp³-hybridized carbons (Fsp3) is 0.333. The topological polar surface area (TPSA) is 49.4 Å². The van der Waals surface area contributed by atoms with Gasteiger partial charge in [0.05, 0.1) is 0 Å². The van der Waals surface area contributed by atoms with E-state index in [0.29, 0.717) is 12.1 Å². The lowest BCUT2D eigenvalue weighted by molar-refractivity contribution is -0.127. The zero-order chi connectivity index (χ0) is 18.1. The standard InChI is InChI=1S/C21H21FN2O2/c22-17-9-6-14(7-10-17)13-23-20(25)19-16-8-11-18(12-16)24(19)21(26)15-4-2-1-3-5-15/h1-7,9-10,16,18-19H,8,11-13H2,(H,23,25)/t16-,18-,19-/m0/s1. The van der Waals surface area contributed by atoms with Crippen molar-refractivity contribution >= 4 is 11.8 Å². The molecule has 26 heavy (non-hydrogen) atoms. The predicted molar refractivity (Wildman–Crippen MR) is 95.8 cm³/mol. The summed E-state index contributed by atoms with van der Waals surface area (Å²) < 4.78 is 13.0. The summed E-state index contributed by atoms with van der Waals surface area (Å²) in [7, 11) is 0. The Kier molecular flexibility index (Phi) is 4.45. The number of nitrogens with one attached hydrogen (secondary N) is 1. The maximum Gasteiger partial charge on any atom is 0.254 e. The highest BCUT2D eigenvalue weighted by Crippen LogP contribution is 2.43. The van der Waals surface area contributed by atoms with Gasteiger partial charge in [-0.15, -0.1) is 0 Å². The molecule has 2 amide bonds. The van der Waals surface area contributed by atoms with E-state index < -0.39 is 6.04 Å². The molecule has 0 aromatic heterocycles. The van der Waals surface area contributed by atoms with Crippen molar-refractivity contribution in [2.24, 2.45) is 5.92 Å². The van der Waals surface area contributed by atoms with Crippen LogP contribution in [0.4, 0.5) is 4.39 Å². The van der Waals surface area contributed by atoms with Crippen molar-refractivity contribution < 1.29 is 14.0 Å². The van der Waals surface area contributed by atoms with Gasteiger partial charge >= 0.3 is 0 Å². The van der Waals surface area contributed by atoms with Crippen LogP contribution in [0.5, 0.6) is 0 Å². The third-order valence-corrected chi connectivity index (χ3v) is 5.49. The molecule has 2 aromatic carbocycles. The van der Waals surface area contributed by atoms with Gasteiger partial charge in [0, 0.05) is 18.2 Å². The number of hydrogen-bond donors (Lipinski definition) is 1. The third kappa shape index (κ3) is 3.09. The number of carbonyl (C=O) groups excluding carboxylic acids is 2. The van der Waals surface area contributed by atoms with E-state index in [-0.39, 0.29) is 29.6 Å². The van der Waals surface area contributed by atoms with E-state index in [1.165, 1.54) is 12.1 Å². The molecule has 2 bridgehead atoms. The van der Waals surface area contributed by atoms with Gasteiger partial charge in [0.15, 0.2) is 0 Å². The average Bonchev–Trinajstić information content (AvgIpc) is 3.29. The summed E-state index contributed by atoms with van der Waals surface area (Å²) in [6, 6.07) is 14.9. The van der Waals surface area contributed by atoms with E-state index in [9.17, 15) is 14.0 Å². The zero-order valence-corrected chi connectivity index (χ0v) is 14.4. The number of hydrogen-bond acceptors (Lipinski definition) is 2. The summed E-state index contributed by atoms with van der Waals surface area (Å²) >= 11 is 0. The van der Waals surface area contributed by atoms with Crippen molar-refractivity contribution in [2.45, 2.75) is 37.9 Å². The molecule has 134 valence electrons. The van der Waals surface area contributed by atoms with E-state index >= 15 is 0 Å². The first-order chi connectivity index (χ1) is 12.6. The van der Waals surface area contributed by atoms with Crippen molar-refractivity contribution in [2.75, 3.05) is 0 Å². The summed E-state index contributed by atoms with van der Waals surface area (Å²) in [5.41, 5.74) is 1.46. The van der Waals surface area contributed by atoms with Gasteiger partial charge in [-0.3, -0.25) is 9.59 Å². The minimum atomic E-state index is -0.415. The van der Waals surface area contributed by atoms with Gasteiger partial charge in [-0.05, 0) is 55.0 Å². The van der Waals surface area contributed by atoms with Crippen LogP contribution in [0.3, 0.4) is 0 Å². The molecule has 4 rings (SSSR count). The number of likely N-dealkylation sites (tertiary alicyclic amines) is 1. The number of piperidine rings is 1. The second-order valence-electron chi connectivity index (χ2n) is 7.09. The number of halogens is 1. The average molecular weight is 352 g/mol. The van der Waals surface area contributed by atoms with Crippen LogP contribution >= 0.6 is 0 Å². The Morgan fingerprint density at radius 3 is 2.50 bits per heavy atom. The first kappa shape index (κ1) is 16.8. The molecule has 0 spiro atoms. The number of nitrogens with zero attached hydrogens (tertiary/aromatic N) is 1. The smallest absolute Gasteiger partial charge is 0.254 e. The molecule has 1 saturated carbocycles. The largest absolute Gasteiger partial charge is 0.350 e. The second-order valence-corrected chi connectivity index (χ2v) is 7.09. The molecule has 0 unspecified atom stereocenters. The highest BCUT2D eigenvalue weighted by atomic mass is 19.1. The van der Waals surface area contributed by atoms with Crippen LogP contribution in [0.15, 0.2) is 54.6 Å². The molecule has 1 heterocycles. The van der Waals surface area contributed by atoms with Gasteiger partial charge in [0.1, 0.15) is 11.9 Å². The normalized spacial score (nSPS) is 23.9. The molecule has 1 aliphatic carbocycles. The van der Waals surface area contributed by atoms with Gasteiger partial charge in [-0.2, -0.15) is 0 Å². The number of amides is 2. The monoisotopic (exact) mass is 352 g/mol. The van der Waals surface area contributed by atoms with Gasteiger partial charge in [0.2, 0.25) is 5.91 Å². The molecule has 0 radical (unpaired) electrons. The van der Waals surface area contributed by atoms with Gasteiger partial charge in [-0.1, -0.05) is 30.3 Å². The van der Waals surface area contributed by atoms with E-state index in [1.54, 1.807) is 29.2 Å². The maximum absolute atomic E-state index is 13.0. The van der Waals surface area contributed by atoms with Gasteiger partial charge in [0.25, 0.3) is 5.91 Å². The van der Waals surface area contributed by atoms with Crippen LogP contribution in [-0.4, -0.2) is 28.8 Å². The van der Waals surface area contributed by atoms with Crippen LogP contribution in [0, 0.1) is 11.7 Å². The fourth-order valence-corrected chi connectivity index (χ4v) is 4.24. The Bertz CT molecular complexity index is 807. The highest BCUT2D eigenvalue weighted by Gasteiger charge is 2.51. The molecule has 2 aliphatic rings. The van der Waals surface area contributed by atoms with Crippen LogP contribution in [0.25, 0.3) is 0 Å². The molecule has 5 heteroatoms. The van der Waals surface area contributed by atoms with Crippen molar-refractivity contribution in [3.05, 3.63) is 71.5 Å². The molecule has 1 saturated heterocycles. The lowest BCUT2D eigenvalue weighted by Crippen LogP contribution is -2.52. The van der Waals surface area contributed by atoms with E-state index in [4.69, 9.17) is 0 Å². The van der Waals surface area contributed by atoms with Crippen LogP contribution in [0.1, 0.15) is 35.2 Å². The summed E-state index contributed by atoms with van der Waals surface area (Å²) in [5.74, 6) is -0.265. The third-order valence-electron chi connectivity index (χ3n) is 5.49. The van der Waals surface area contributed by atoms with E-state index in [2.05, 4.69) is 5.32 Å². The minimum absolute atomic E-state index is 0.0697. The Morgan fingerprint density at radius 1 is 1.04 bits per heavy atom. The quantitative estimate of drug-likeness (QED) is 0.919. The highest BCUT2D eigenvalue weighted by molar-refractivity contribution is 5.98. The van der Waals surface area contributed by atoms with Crippen molar-refractivity contribution in [3.63, 3.8) is 0 Å². The van der Waals surface area contributed by atoms with E-state index in [1.807, 2.05) is 18.2 Å². The van der Waals surface area contributed by atoms with Crippen LogP contribution < -0.4 is 5.32 Å². The van der Waals surface area contributed by atoms with Crippen molar-refractivity contribution in [3.8, 4) is 0 Å². The summed E-state index contributed by atoms with van der Waals surface area (Å²) in [4.78, 5) is 27.6. The Labute approximate surface area is 152 Å². The van der Waals surface area contributed by atoms with E-state index in [0.717, 1.165) is 24.8 Å². The number of rotatable bonds is 4. The van der Waals surface area contributed by atoms with Crippen LogP contribution in [-0.2, 0) is 11.3 Å². The fourth-order valence-electron chi connectivity index (χ4n) is 4.24. The first-order valence-electron chi connectivity index (χ1n) is 9.03. The maximum atomic E-state index is 13.0. The molecule has 4 nitrogen and oxygen atoms in total. The summed E-state index contributed by atoms with van der Waals surface area (Å²) in [6.07, 6.45) is 2.84. The predicted octanol–water partition coefficient (Wildman–Crippen LogP) is 3.14. The Morgan fingerprint density at radius 2 is 1.77 bits per heavy atom. The summed E-state index contributed by atoms with van der Waals surface area (Å²) in [6.45, 7) is 0.334. The number of fused-ring (bicyclic) bond motifs is 2. The molecule has 2 fully saturated rings. The van der Waals surface area contributed by atoms with Crippen molar-refractivity contribution in [1.29, 1.82) is 0 Å².